The summed E-state index contributed by atoms with van der Waals surface area (Å²) in [7, 11) is 3.36. The third kappa shape index (κ3) is 4.37. The van der Waals surface area contributed by atoms with Crippen molar-refractivity contribution >= 4 is 33.2 Å². The molecule has 0 atom stereocenters. The predicted octanol–water partition coefficient (Wildman–Crippen LogP) is 4.33. The molecule has 0 bridgehead atoms. The van der Waals surface area contributed by atoms with Gasteiger partial charge in [-0.1, -0.05) is 0 Å². The first-order valence-electron chi connectivity index (χ1n) is 8.63. The Kier molecular flexibility index (Phi) is 6.16. The average molecular weight is 419 g/mol. The van der Waals surface area contributed by atoms with E-state index >= 15 is 0 Å². The molecule has 2 aromatic carbocycles. The van der Waals surface area contributed by atoms with Crippen LogP contribution in [0.5, 0.6) is 5.75 Å². The van der Waals surface area contributed by atoms with Gasteiger partial charge in [-0.2, -0.15) is 0 Å². The molecule has 1 heterocycles. The number of nitrogens with zero attached hydrogens (tertiary/aromatic N) is 1. The maximum Gasteiger partial charge on any atom is 0.256 e. The summed E-state index contributed by atoms with van der Waals surface area (Å²) < 4.78 is 11.3. The highest BCUT2D eigenvalue weighted by Crippen LogP contribution is 2.25. The second-order valence-electron chi connectivity index (χ2n) is 6.27. The molecule has 1 N–H and O–H groups in total. The molecule has 2 aromatic rings. The lowest BCUT2D eigenvalue weighted by Gasteiger charge is -2.33. The van der Waals surface area contributed by atoms with Crippen LogP contribution in [-0.2, 0) is 4.74 Å². The fourth-order valence-corrected chi connectivity index (χ4v) is 3.54. The molecule has 0 aromatic heterocycles. The average Bonchev–Trinajstić information content (AvgIpc) is 2.69. The second-order valence-corrected chi connectivity index (χ2v) is 7.12. The van der Waals surface area contributed by atoms with E-state index in [1.54, 1.807) is 26.4 Å². The van der Waals surface area contributed by atoms with Crippen LogP contribution in [-0.4, -0.2) is 39.3 Å². The Morgan fingerprint density at radius 1 is 1.12 bits per heavy atom. The van der Waals surface area contributed by atoms with Gasteiger partial charge in [0.1, 0.15) is 5.75 Å². The quantitative estimate of drug-likeness (QED) is 0.784. The van der Waals surface area contributed by atoms with E-state index in [1.807, 2.05) is 30.3 Å². The smallest absolute Gasteiger partial charge is 0.256 e. The number of amides is 1. The summed E-state index contributed by atoms with van der Waals surface area (Å²) in [4.78, 5) is 14.9. The van der Waals surface area contributed by atoms with Gasteiger partial charge in [-0.15, -0.1) is 0 Å². The molecule has 0 aliphatic carbocycles. The number of methoxy groups -OCH3 is 2. The van der Waals surface area contributed by atoms with E-state index in [0.717, 1.165) is 36.1 Å². The maximum absolute atomic E-state index is 12.5. The van der Waals surface area contributed by atoms with Crippen molar-refractivity contribution in [3.05, 3.63) is 52.5 Å². The molecular weight excluding hydrogens is 396 g/mol. The molecule has 138 valence electrons. The van der Waals surface area contributed by atoms with Crippen molar-refractivity contribution in [2.24, 2.45) is 0 Å². The zero-order valence-corrected chi connectivity index (χ0v) is 16.6. The summed E-state index contributed by atoms with van der Waals surface area (Å²) >= 11 is 3.41. The Bertz CT molecular complexity index is 756. The third-order valence-corrected chi connectivity index (χ3v) is 5.38. The minimum absolute atomic E-state index is 0.176. The van der Waals surface area contributed by atoms with Crippen LogP contribution in [0, 0.1) is 0 Å². The van der Waals surface area contributed by atoms with Crippen molar-refractivity contribution in [1.29, 1.82) is 0 Å². The van der Waals surface area contributed by atoms with Gasteiger partial charge >= 0.3 is 0 Å². The van der Waals surface area contributed by atoms with Crippen LogP contribution in [0.2, 0.25) is 0 Å². The van der Waals surface area contributed by atoms with Gasteiger partial charge in [-0.3, -0.25) is 4.79 Å². The van der Waals surface area contributed by atoms with Gasteiger partial charge in [0.15, 0.2) is 0 Å². The van der Waals surface area contributed by atoms with Gasteiger partial charge < -0.3 is 19.7 Å². The Balaban J connectivity index is 1.65. The first-order valence-corrected chi connectivity index (χ1v) is 9.42. The lowest BCUT2D eigenvalue weighted by molar-refractivity contribution is 0.0819. The van der Waals surface area contributed by atoms with E-state index in [9.17, 15) is 4.79 Å². The molecule has 1 amide bonds. The van der Waals surface area contributed by atoms with E-state index in [1.165, 1.54) is 5.69 Å². The number of hydrogen-bond acceptors (Lipinski definition) is 4. The first kappa shape index (κ1) is 18.7. The van der Waals surface area contributed by atoms with Crippen LogP contribution in [0.15, 0.2) is 46.9 Å². The summed E-state index contributed by atoms with van der Waals surface area (Å²) in [5.74, 6) is 0.470. The van der Waals surface area contributed by atoms with Crippen LogP contribution >= 0.6 is 15.9 Å². The number of anilines is 2. The van der Waals surface area contributed by atoms with Crippen molar-refractivity contribution in [3.63, 3.8) is 0 Å². The van der Waals surface area contributed by atoms with Crippen LogP contribution in [0.1, 0.15) is 23.2 Å². The summed E-state index contributed by atoms with van der Waals surface area (Å²) in [6.45, 7) is 1.97. The Hall–Kier alpha value is -2.05. The van der Waals surface area contributed by atoms with Crippen molar-refractivity contribution < 1.29 is 14.3 Å². The third-order valence-electron chi connectivity index (χ3n) is 4.68. The molecule has 0 radical (unpaired) electrons. The first-order chi connectivity index (χ1) is 12.6. The van der Waals surface area contributed by atoms with Crippen molar-refractivity contribution in [2.75, 3.05) is 37.5 Å². The predicted molar refractivity (Wildman–Crippen MR) is 107 cm³/mol. The number of nitrogens with one attached hydrogen (secondary N) is 1. The molecule has 1 fully saturated rings. The second kappa shape index (κ2) is 8.56. The highest BCUT2D eigenvalue weighted by Gasteiger charge is 2.19. The minimum Gasteiger partial charge on any atom is -0.497 e. The van der Waals surface area contributed by atoms with Crippen LogP contribution in [0.4, 0.5) is 11.4 Å². The molecule has 1 aliphatic heterocycles. The fraction of sp³-hybridized carbons (Fsp3) is 0.350. The van der Waals surface area contributed by atoms with Gasteiger partial charge in [-0.25, -0.2) is 0 Å². The molecule has 0 saturated carbocycles. The summed E-state index contributed by atoms with van der Waals surface area (Å²) in [6.07, 6.45) is 2.45. The van der Waals surface area contributed by atoms with Gasteiger partial charge in [-0.05, 0) is 71.2 Å². The number of piperidine rings is 1. The van der Waals surface area contributed by atoms with Gasteiger partial charge in [0.05, 0.1) is 18.8 Å². The molecule has 1 saturated heterocycles. The van der Waals surface area contributed by atoms with Crippen molar-refractivity contribution in [1.82, 2.24) is 0 Å². The number of carbonyl (C=O) groups excluding carboxylic acids is 1. The van der Waals surface area contributed by atoms with Crippen molar-refractivity contribution in [2.45, 2.75) is 18.9 Å². The van der Waals surface area contributed by atoms with E-state index in [4.69, 9.17) is 9.47 Å². The SMILES string of the molecule is COc1ccc(Br)c(C(=O)Nc2ccc(N3CCC(OC)CC3)cc2)c1. The molecular formula is C20H23BrN2O3. The number of benzene rings is 2. The molecule has 0 spiro atoms. The van der Waals surface area contributed by atoms with Crippen LogP contribution in [0.25, 0.3) is 0 Å². The summed E-state index contributed by atoms with van der Waals surface area (Å²) in [6, 6.07) is 13.3. The molecule has 26 heavy (non-hydrogen) atoms. The molecule has 6 heteroatoms. The summed E-state index contributed by atoms with van der Waals surface area (Å²) in [5.41, 5.74) is 2.47. The van der Waals surface area contributed by atoms with Crippen molar-refractivity contribution in [3.8, 4) is 5.75 Å². The lowest BCUT2D eigenvalue weighted by atomic mass is 10.1. The normalized spacial score (nSPS) is 15.0. The largest absolute Gasteiger partial charge is 0.497 e. The molecule has 3 rings (SSSR count). The maximum atomic E-state index is 12.5. The minimum atomic E-state index is -0.176. The van der Waals surface area contributed by atoms with Gasteiger partial charge in [0.25, 0.3) is 5.91 Å². The monoisotopic (exact) mass is 418 g/mol. The number of halogens is 1. The highest BCUT2D eigenvalue weighted by molar-refractivity contribution is 9.10. The van der Waals surface area contributed by atoms with Gasteiger partial charge in [0, 0.05) is 36.0 Å². The Morgan fingerprint density at radius 2 is 1.81 bits per heavy atom. The standard InChI is InChI=1S/C20H23BrN2O3/c1-25-16-9-11-23(12-10-16)15-5-3-14(4-6-15)22-20(24)18-13-17(26-2)7-8-19(18)21/h3-8,13,16H,9-12H2,1-2H3,(H,22,24). The lowest BCUT2D eigenvalue weighted by Crippen LogP contribution is -2.36. The van der Waals surface area contributed by atoms with E-state index < -0.39 is 0 Å². The summed E-state index contributed by atoms with van der Waals surface area (Å²) in [5, 5.41) is 2.93. The fourth-order valence-electron chi connectivity index (χ4n) is 3.11. The number of rotatable bonds is 5. The highest BCUT2D eigenvalue weighted by atomic mass is 79.9. The van der Waals surface area contributed by atoms with E-state index in [-0.39, 0.29) is 5.91 Å². The Morgan fingerprint density at radius 3 is 2.42 bits per heavy atom. The molecule has 1 aliphatic rings. The van der Waals surface area contributed by atoms with Crippen LogP contribution in [0.3, 0.4) is 0 Å². The van der Waals surface area contributed by atoms with Crippen LogP contribution < -0.4 is 15.0 Å². The molecule has 5 nitrogen and oxygen atoms in total. The number of hydrogen-bond donors (Lipinski definition) is 1. The topological polar surface area (TPSA) is 50.8 Å². The molecule has 0 unspecified atom stereocenters. The zero-order chi connectivity index (χ0) is 18.5. The van der Waals surface area contributed by atoms with E-state index in [0.29, 0.717) is 17.4 Å². The number of carbonyl (C=O) groups is 1. The van der Waals surface area contributed by atoms with E-state index in [2.05, 4.69) is 26.1 Å². The Labute approximate surface area is 162 Å². The number of ether oxygens (including phenoxy) is 2. The van der Waals surface area contributed by atoms with Gasteiger partial charge in [0.2, 0.25) is 0 Å². The zero-order valence-electron chi connectivity index (χ0n) is 15.0.